The van der Waals surface area contributed by atoms with Gasteiger partial charge in [-0.2, -0.15) is 0 Å². The number of alkyl carbamates (subject to hydrolysis) is 1. The smallest absolute Gasteiger partial charge is 0.407 e. The van der Waals surface area contributed by atoms with E-state index in [9.17, 15) is 9.59 Å². The Morgan fingerprint density at radius 1 is 1.37 bits per heavy atom. The molecule has 0 radical (unpaired) electrons. The largest absolute Gasteiger partial charge is 0.444 e. The van der Waals surface area contributed by atoms with E-state index in [4.69, 9.17) is 4.74 Å². The highest BCUT2D eigenvalue weighted by molar-refractivity contribution is 7.09. The lowest BCUT2D eigenvalue weighted by molar-refractivity contribution is 0.0528. The van der Waals surface area contributed by atoms with Gasteiger partial charge >= 0.3 is 6.09 Å². The number of thiazole rings is 1. The molecule has 1 atom stereocenters. The van der Waals surface area contributed by atoms with Crippen LogP contribution in [0.15, 0.2) is 23.7 Å². The molecule has 2 aromatic heterocycles. The quantitative estimate of drug-likeness (QED) is 0.821. The molecule has 8 heteroatoms. The summed E-state index contributed by atoms with van der Waals surface area (Å²) in [6.45, 7) is 5.85. The Bertz CT molecular complexity index is 828. The van der Waals surface area contributed by atoms with E-state index in [0.29, 0.717) is 18.7 Å². The van der Waals surface area contributed by atoms with Crippen molar-refractivity contribution in [1.82, 2.24) is 20.6 Å². The highest BCUT2D eigenvalue weighted by atomic mass is 32.1. The van der Waals surface area contributed by atoms with Gasteiger partial charge in [-0.05, 0) is 45.2 Å². The van der Waals surface area contributed by atoms with Crippen LogP contribution >= 0.6 is 11.3 Å². The fraction of sp³-hybridized carbons (Fsp3) is 0.474. The van der Waals surface area contributed by atoms with E-state index in [0.717, 1.165) is 23.5 Å². The number of carbonyl (C=O) groups is 2. The van der Waals surface area contributed by atoms with Gasteiger partial charge in [0.15, 0.2) is 0 Å². The standard InChI is InChI=1S/C19H24N4O3S/c1-19(2,3)26-18(25)21-10-8-15-22-14(11-27-15)17(24)23-13-7-6-12-5-4-9-20-16(12)13/h4-5,9,11,13H,6-8,10H2,1-3H3,(H,21,25)(H,23,24). The average Bonchev–Trinajstić information content (AvgIpc) is 3.21. The van der Waals surface area contributed by atoms with Crippen molar-refractivity contribution >= 4 is 23.3 Å². The van der Waals surface area contributed by atoms with E-state index in [-0.39, 0.29) is 11.9 Å². The number of nitrogens with zero attached hydrogens (tertiary/aromatic N) is 2. The Morgan fingerprint density at radius 3 is 2.96 bits per heavy atom. The second kappa shape index (κ2) is 8.04. The summed E-state index contributed by atoms with van der Waals surface area (Å²) in [4.78, 5) is 32.9. The van der Waals surface area contributed by atoms with Crippen LogP contribution in [0.5, 0.6) is 0 Å². The monoisotopic (exact) mass is 388 g/mol. The molecule has 7 nitrogen and oxygen atoms in total. The number of fused-ring (bicyclic) bond motifs is 1. The van der Waals surface area contributed by atoms with Gasteiger partial charge in [0, 0.05) is 24.5 Å². The first-order valence-electron chi connectivity index (χ1n) is 8.98. The summed E-state index contributed by atoms with van der Waals surface area (Å²) in [7, 11) is 0. The van der Waals surface area contributed by atoms with Gasteiger partial charge in [-0.1, -0.05) is 6.07 Å². The van der Waals surface area contributed by atoms with Gasteiger partial charge in [0.05, 0.1) is 16.7 Å². The number of hydrogen-bond acceptors (Lipinski definition) is 6. The predicted molar refractivity (Wildman–Crippen MR) is 103 cm³/mol. The van der Waals surface area contributed by atoms with Crippen molar-refractivity contribution in [2.45, 2.75) is 51.7 Å². The SMILES string of the molecule is CC(C)(C)OC(=O)NCCc1nc(C(=O)NC2CCc3cccnc32)cs1. The van der Waals surface area contributed by atoms with E-state index < -0.39 is 11.7 Å². The average molecular weight is 388 g/mol. The zero-order valence-corrected chi connectivity index (χ0v) is 16.6. The number of carbonyl (C=O) groups excluding carboxylic acids is 2. The molecule has 0 saturated carbocycles. The Morgan fingerprint density at radius 2 is 2.19 bits per heavy atom. The minimum absolute atomic E-state index is 0.0623. The van der Waals surface area contributed by atoms with Crippen LogP contribution in [0, 0.1) is 0 Å². The number of aromatic nitrogens is 2. The molecule has 1 unspecified atom stereocenters. The van der Waals surface area contributed by atoms with Gasteiger partial charge in [0.25, 0.3) is 5.91 Å². The minimum Gasteiger partial charge on any atom is -0.444 e. The fourth-order valence-electron chi connectivity index (χ4n) is 2.90. The van der Waals surface area contributed by atoms with E-state index in [1.54, 1.807) is 11.6 Å². The molecule has 0 aliphatic heterocycles. The second-order valence-corrected chi connectivity index (χ2v) is 8.36. The van der Waals surface area contributed by atoms with Crippen molar-refractivity contribution in [2.24, 2.45) is 0 Å². The third-order valence-corrected chi connectivity index (χ3v) is 4.96. The molecule has 0 saturated heterocycles. The van der Waals surface area contributed by atoms with Gasteiger partial charge in [-0.15, -0.1) is 11.3 Å². The van der Waals surface area contributed by atoms with Crippen molar-refractivity contribution in [1.29, 1.82) is 0 Å². The summed E-state index contributed by atoms with van der Waals surface area (Å²) in [6.07, 6.45) is 3.62. The molecule has 144 valence electrons. The molecule has 1 aliphatic rings. The molecule has 2 N–H and O–H groups in total. The Balaban J connectivity index is 1.49. The highest BCUT2D eigenvalue weighted by Gasteiger charge is 2.26. The lowest BCUT2D eigenvalue weighted by Gasteiger charge is -2.19. The van der Waals surface area contributed by atoms with Gasteiger partial charge in [-0.3, -0.25) is 9.78 Å². The lowest BCUT2D eigenvalue weighted by Crippen LogP contribution is -2.33. The third-order valence-electron chi connectivity index (χ3n) is 4.06. The van der Waals surface area contributed by atoms with E-state index in [1.807, 2.05) is 32.9 Å². The normalized spacial score (nSPS) is 15.9. The molecule has 0 fully saturated rings. The van der Waals surface area contributed by atoms with Crippen molar-refractivity contribution in [3.63, 3.8) is 0 Å². The number of nitrogens with one attached hydrogen (secondary N) is 2. The van der Waals surface area contributed by atoms with Gasteiger partial charge < -0.3 is 15.4 Å². The molecule has 2 amide bonds. The van der Waals surface area contributed by atoms with Crippen molar-refractivity contribution < 1.29 is 14.3 Å². The van der Waals surface area contributed by atoms with Crippen LogP contribution in [0.4, 0.5) is 4.79 Å². The van der Waals surface area contributed by atoms with Crippen LogP contribution < -0.4 is 10.6 Å². The van der Waals surface area contributed by atoms with Gasteiger partial charge in [0.2, 0.25) is 0 Å². The Hall–Kier alpha value is -2.48. The van der Waals surface area contributed by atoms with Gasteiger partial charge in [0.1, 0.15) is 11.3 Å². The summed E-state index contributed by atoms with van der Waals surface area (Å²) in [5.74, 6) is -0.193. The molecule has 27 heavy (non-hydrogen) atoms. The Kier molecular flexibility index (Phi) is 5.74. The maximum atomic E-state index is 12.5. The molecule has 0 spiro atoms. The fourth-order valence-corrected chi connectivity index (χ4v) is 3.68. The van der Waals surface area contributed by atoms with Crippen LogP contribution in [0.25, 0.3) is 0 Å². The predicted octanol–water partition coefficient (Wildman–Crippen LogP) is 3.02. The number of hydrogen-bond donors (Lipinski definition) is 2. The molecular weight excluding hydrogens is 364 g/mol. The van der Waals surface area contributed by atoms with Crippen molar-refractivity contribution in [3.05, 3.63) is 45.7 Å². The zero-order chi connectivity index (χ0) is 19.4. The number of ether oxygens (including phenoxy) is 1. The van der Waals surface area contributed by atoms with E-state index in [2.05, 4.69) is 20.6 Å². The first-order chi connectivity index (χ1) is 12.8. The zero-order valence-electron chi connectivity index (χ0n) is 15.7. The first kappa shape index (κ1) is 19.3. The van der Waals surface area contributed by atoms with Crippen molar-refractivity contribution in [2.75, 3.05) is 6.54 Å². The molecule has 2 heterocycles. The first-order valence-corrected chi connectivity index (χ1v) is 9.86. The number of amides is 2. The number of rotatable bonds is 5. The van der Waals surface area contributed by atoms with E-state index in [1.165, 1.54) is 16.9 Å². The van der Waals surface area contributed by atoms with Gasteiger partial charge in [-0.25, -0.2) is 9.78 Å². The van der Waals surface area contributed by atoms with Crippen LogP contribution in [-0.4, -0.2) is 34.1 Å². The molecule has 0 aromatic carbocycles. The summed E-state index contributed by atoms with van der Waals surface area (Å²) in [5, 5.41) is 8.25. The number of aryl methyl sites for hydroxylation is 1. The number of pyridine rings is 1. The Labute approximate surface area is 162 Å². The maximum absolute atomic E-state index is 12.5. The summed E-state index contributed by atoms with van der Waals surface area (Å²) >= 11 is 1.41. The summed E-state index contributed by atoms with van der Waals surface area (Å²) in [5.41, 5.74) is 2.01. The van der Waals surface area contributed by atoms with Crippen molar-refractivity contribution in [3.8, 4) is 0 Å². The topological polar surface area (TPSA) is 93.2 Å². The van der Waals surface area contributed by atoms with Crippen LogP contribution in [0.1, 0.15) is 60.0 Å². The molecule has 0 bridgehead atoms. The third kappa shape index (κ3) is 5.26. The van der Waals surface area contributed by atoms with Crippen LogP contribution in [0.2, 0.25) is 0 Å². The van der Waals surface area contributed by atoms with Crippen LogP contribution in [-0.2, 0) is 17.6 Å². The molecular formula is C19H24N4O3S. The second-order valence-electron chi connectivity index (χ2n) is 7.42. The van der Waals surface area contributed by atoms with Crippen LogP contribution in [0.3, 0.4) is 0 Å². The lowest BCUT2D eigenvalue weighted by atomic mass is 10.2. The summed E-state index contributed by atoms with van der Waals surface area (Å²) in [6, 6.07) is 3.90. The summed E-state index contributed by atoms with van der Waals surface area (Å²) < 4.78 is 5.19. The molecule has 3 rings (SSSR count). The van der Waals surface area contributed by atoms with E-state index >= 15 is 0 Å². The molecule has 1 aliphatic carbocycles. The molecule has 2 aromatic rings. The minimum atomic E-state index is -0.524. The maximum Gasteiger partial charge on any atom is 0.407 e. The highest BCUT2D eigenvalue weighted by Crippen LogP contribution is 2.29.